The average Bonchev–Trinajstić information content (AvgIpc) is 2.34. The Morgan fingerprint density at radius 3 is 2.39 bits per heavy atom. The number of pyridine rings is 1. The molecule has 1 aromatic heterocycles. The highest BCUT2D eigenvalue weighted by atomic mass is 35.5. The highest BCUT2D eigenvalue weighted by molar-refractivity contribution is 6.30. The summed E-state index contributed by atoms with van der Waals surface area (Å²) in [5, 5.41) is 0.577. The van der Waals surface area contributed by atoms with Gasteiger partial charge in [-0.05, 0) is 23.1 Å². The molecule has 0 bridgehead atoms. The van der Waals surface area contributed by atoms with Gasteiger partial charge in [-0.2, -0.15) is 0 Å². The number of hydrogen-bond acceptors (Lipinski definition) is 1. The van der Waals surface area contributed by atoms with E-state index >= 15 is 0 Å². The minimum Gasteiger partial charge on any atom is -0.310 e. The Morgan fingerprint density at radius 2 is 1.78 bits per heavy atom. The first-order chi connectivity index (χ1) is 8.56. The van der Waals surface area contributed by atoms with Gasteiger partial charge in [-0.3, -0.25) is 4.79 Å². The highest BCUT2D eigenvalue weighted by Crippen LogP contribution is 2.15. The predicted molar refractivity (Wildman–Crippen MR) is 75.3 cm³/mol. The lowest BCUT2D eigenvalue weighted by molar-refractivity contribution is 0.758. The van der Waals surface area contributed by atoms with Crippen LogP contribution < -0.4 is 5.56 Å². The smallest absolute Gasteiger partial charge is 0.250 e. The van der Waals surface area contributed by atoms with Crippen molar-refractivity contribution >= 4 is 11.6 Å². The third-order valence-corrected chi connectivity index (χ3v) is 3.17. The van der Waals surface area contributed by atoms with Crippen LogP contribution in [0.25, 0.3) is 0 Å². The molecular weight excluding hydrogens is 246 g/mol. The predicted octanol–water partition coefficient (Wildman–Crippen LogP) is 3.67. The number of nitrogens with zero attached hydrogens (tertiary/aromatic N) is 1. The Balaban J connectivity index is 2.23. The van der Waals surface area contributed by atoms with Gasteiger partial charge in [0.05, 0.1) is 11.6 Å². The van der Waals surface area contributed by atoms with E-state index in [9.17, 15) is 4.79 Å². The summed E-state index contributed by atoms with van der Waals surface area (Å²) in [6, 6.07) is 11.4. The van der Waals surface area contributed by atoms with E-state index in [1.165, 1.54) is 11.6 Å². The molecule has 0 fully saturated rings. The van der Waals surface area contributed by atoms with Gasteiger partial charge in [0.15, 0.2) is 0 Å². The molecule has 0 saturated heterocycles. The van der Waals surface area contributed by atoms with Gasteiger partial charge in [-0.25, -0.2) is 0 Å². The standard InChI is InChI=1S/C15H16ClNO/c1-11(2)13-5-3-12(4-6-13)9-17-10-14(16)7-8-15(17)18/h3-8,10-11H,9H2,1-2H3. The van der Waals surface area contributed by atoms with Crippen molar-refractivity contribution in [3.8, 4) is 0 Å². The van der Waals surface area contributed by atoms with Crippen LogP contribution in [0, 0.1) is 0 Å². The molecule has 1 aromatic carbocycles. The molecule has 1 heterocycles. The van der Waals surface area contributed by atoms with Crippen molar-refractivity contribution in [1.82, 2.24) is 4.57 Å². The molecule has 2 rings (SSSR count). The molecule has 0 aliphatic rings. The Bertz CT molecular complexity index is 584. The van der Waals surface area contributed by atoms with Crippen LogP contribution in [-0.2, 0) is 6.54 Å². The number of rotatable bonds is 3. The molecule has 0 amide bonds. The first-order valence-electron chi connectivity index (χ1n) is 6.01. The number of hydrogen-bond donors (Lipinski definition) is 0. The Morgan fingerprint density at radius 1 is 1.11 bits per heavy atom. The molecule has 0 spiro atoms. The number of halogens is 1. The lowest BCUT2D eigenvalue weighted by Crippen LogP contribution is -2.18. The molecule has 0 radical (unpaired) electrons. The van der Waals surface area contributed by atoms with Gasteiger partial charge >= 0.3 is 0 Å². The minimum absolute atomic E-state index is 0.0349. The number of aromatic nitrogens is 1. The van der Waals surface area contributed by atoms with Crippen LogP contribution in [0.4, 0.5) is 0 Å². The normalized spacial score (nSPS) is 10.9. The van der Waals surface area contributed by atoms with Gasteiger partial charge in [0, 0.05) is 12.3 Å². The third-order valence-electron chi connectivity index (χ3n) is 2.95. The molecule has 0 N–H and O–H groups in total. The highest BCUT2D eigenvalue weighted by Gasteiger charge is 2.01. The zero-order chi connectivity index (χ0) is 13.1. The fourth-order valence-electron chi connectivity index (χ4n) is 1.83. The minimum atomic E-state index is -0.0349. The largest absolute Gasteiger partial charge is 0.310 e. The molecule has 0 aliphatic carbocycles. The van der Waals surface area contributed by atoms with E-state index in [1.54, 1.807) is 16.8 Å². The lowest BCUT2D eigenvalue weighted by Gasteiger charge is -2.09. The summed E-state index contributed by atoms with van der Waals surface area (Å²) < 4.78 is 1.62. The van der Waals surface area contributed by atoms with Crippen molar-refractivity contribution in [3.05, 3.63) is 69.1 Å². The maximum Gasteiger partial charge on any atom is 0.250 e. The van der Waals surface area contributed by atoms with Crippen molar-refractivity contribution in [1.29, 1.82) is 0 Å². The molecule has 18 heavy (non-hydrogen) atoms. The summed E-state index contributed by atoms with van der Waals surface area (Å²) in [7, 11) is 0. The molecule has 94 valence electrons. The summed E-state index contributed by atoms with van der Waals surface area (Å²) in [6.45, 7) is 4.88. The summed E-state index contributed by atoms with van der Waals surface area (Å²) in [5.74, 6) is 0.521. The van der Waals surface area contributed by atoms with Gasteiger partial charge in [0.25, 0.3) is 5.56 Å². The summed E-state index contributed by atoms with van der Waals surface area (Å²) >= 11 is 5.89. The molecule has 0 atom stereocenters. The maximum atomic E-state index is 11.7. The van der Waals surface area contributed by atoms with E-state index < -0.39 is 0 Å². The van der Waals surface area contributed by atoms with E-state index in [4.69, 9.17) is 11.6 Å². The second-order valence-electron chi connectivity index (χ2n) is 4.71. The SMILES string of the molecule is CC(C)c1ccc(Cn2cc(Cl)ccc2=O)cc1. The first-order valence-corrected chi connectivity index (χ1v) is 6.39. The van der Waals surface area contributed by atoms with Crippen LogP contribution in [0.5, 0.6) is 0 Å². The van der Waals surface area contributed by atoms with E-state index in [0.29, 0.717) is 17.5 Å². The topological polar surface area (TPSA) is 22.0 Å². The van der Waals surface area contributed by atoms with Gasteiger partial charge in [0.2, 0.25) is 0 Å². The van der Waals surface area contributed by atoms with Gasteiger partial charge in [-0.1, -0.05) is 49.7 Å². The number of benzene rings is 1. The van der Waals surface area contributed by atoms with E-state index in [2.05, 4.69) is 38.1 Å². The van der Waals surface area contributed by atoms with Crippen molar-refractivity contribution in [2.45, 2.75) is 26.3 Å². The molecule has 0 unspecified atom stereocenters. The van der Waals surface area contributed by atoms with Crippen molar-refractivity contribution in [2.75, 3.05) is 0 Å². The first kappa shape index (κ1) is 12.9. The van der Waals surface area contributed by atoms with Crippen LogP contribution in [-0.4, -0.2) is 4.57 Å². The second-order valence-corrected chi connectivity index (χ2v) is 5.15. The zero-order valence-corrected chi connectivity index (χ0v) is 11.3. The Labute approximate surface area is 112 Å². The van der Waals surface area contributed by atoms with Gasteiger partial charge in [-0.15, -0.1) is 0 Å². The Kier molecular flexibility index (Phi) is 3.87. The van der Waals surface area contributed by atoms with Gasteiger partial charge < -0.3 is 4.57 Å². The lowest BCUT2D eigenvalue weighted by atomic mass is 10.0. The van der Waals surface area contributed by atoms with Crippen LogP contribution >= 0.6 is 11.6 Å². The van der Waals surface area contributed by atoms with Crippen molar-refractivity contribution in [2.24, 2.45) is 0 Å². The summed E-state index contributed by atoms with van der Waals surface area (Å²) in [6.07, 6.45) is 1.67. The van der Waals surface area contributed by atoms with Crippen LogP contribution in [0.1, 0.15) is 30.9 Å². The van der Waals surface area contributed by atoms with Gasteiger partial charge in [0.1, 0.15) is 0 Å². The van der Waals surface area contributed by atoms with Crippen LogP contribution in [0.2, 0.25) is 5.02 Å². The van der Waals surface area contributed by atoms with Crippen LogP contribution in [0.15, 0.2) is 47.4 Å². The van der Waals surface area contributed by atoms with Crippen molar-refractivity contribution < 1.29 is 0 Å². The summed E-state index contributed by atoms with van der Waals surface area (Å²) in [5.41, 5.74) is 2.37. The molecular formula is C15H16ClNO. The fourth-order valence-corrected chi connectivity index (χ4v) is 2.01. The molecule has 3 heteroatoms. The zero-order valence-electron chi connectivity index (χ0n) is 10.6. The fraction of sp³-hybridized carbons (Fsp3) is 0.267. The molecule has 0 saturated carbocycles. The molecule has 0 aliphatic heterocycles. The third kappa shape index (κ3) is 3.02. The maximum absolute atomic E-state index is 11.7. The molecule has 2 aromatic rings. The van der Waals surface area contributed by atoms with E-state index in [1.807, 2.05) is 0 Å². The average molecular weight is 262 g/mol. The van der Waals surface area contributed by atoms with E-state index in [-0.39, 0.29) is 5.56 Å². The quantitative estimate of drug-likeness (QED) is 0.826. The Hall–Kier alpha value is -1.54. The second kappa shape index (κ2) is 5.40. The summed E-state index contributed by atoms with van der Waals surface area (Å²) in [4.78, 5) is 11.7. The van der Waals surface area contributed by atoms with E-state index in [0.717, 1.165) is 5.56 Å². The molecule has 2 nitrogen and oxygen atoms in total. The van der Waals surface area contributed by atoms with Crippen LogP contribution in [0.3, 0.4) is 0 Å². The van der Waals surface area contributed by atoms with Crippen molar-refractivity contribution in [3.63, 3.8) is 0 Å². The monoisotopic (exact) mass is 261 g/mol.